The second-order valence-electron chi connectivity index (χ2n) is 6.36. The zero-order valence-electron chi connectivity index (χ0n) is 12.6. The molecule has 0 unspecified atom stereocenters. The summed E-state index contributed by atoms with van der Waals surface area (Å²) >= 11 is 0. The van der Waals surface area contributed by atoms with Crippen LogP contribution < -0.4 is 10.3 Å². The minimum absolute atomic E-state index is 0.0214. The molecule has 4 heteroatoms. The highest BCUT2D eigenvalue weighted by atomic mass is 19.1. The lowest BCUT2D eigenvalue weighted by molar-refractivity contribution is -0.919. The van der Waals surface area contributed by atoms with E-state index in [1.165, 1.54) is 29.9 Å². The molecule has 2 N–H and O–H groups in total. The number of hydrogen-bond donors (Lipinski definition) is 2. The van der Waals surface area contributed by atoms with Crippen LogP contribution >= 0.6 is 0 Å². The van der Waals surface area contributed by atoms with Gasteiger partial charge >= 0.3 is 0 Å². The number of piperidine rings is 1. The van der Waals surface area contributed by atoms with Crippen LogP contribution in [0.5, 0.6) is 0 Å². The van der Waals surface area contributed by atoms with Crippen molar-refractivity contribution in [2.24, 2.45) is 5.92 Å². The highest BCUT2D eigenvalue weighted by molar-refractivity contribution is 5.79. The van der Waals surface area contributed by atoms with Crippen molar-refractivity contribution >= 4 is 10.9 Å². The number of nitrogens with one attached hydrogen (secondary N) is 2. The molecule has 1 aliphatic rings. The molecule has 21 heavy (non-hydrogen) atoms. The van der Waals surface area contributed by atoms with E-state index in [1.807, 2.05) is 6.92 Å². The number of fused-ring (bicyclic) bond motifs is 1. The first-order chi connectivity index (χ1) is 10.0. The summed E-state index contributed by atoms with van der Waals surface area (Å²) in [6, 6.07) is 4.36. The highest BCUT2D eigenvalue weighted by Crippen LogP contribution is 2.13. The van der Waals surface area contributed by atoms with Crippen LogP contribution in [-0.2, 0) is 6.54 Å². The van der Waals surface area contributed by atoms with E-state index in [1.54, 1.807) is 6.07 Å². The molecule has 1 aliphatic heterocycles. The van der Waals surface area contributed by atoms with Crippen LogP contribution in [0.15, 0.2) is 23.0 Å². The number of halogens is 1. The lowest BCUT2D eigenvalue weighted by Gasteiger charge is -2.27. The van der Waals surface area contributed by atoms with Crippen LogP contribution in [0.1, 0.15) is 31.0 Å². The van der Waals surface area contributed by atoms with Gasteiger partial charge in [0.1, 0.15) is 12.4 Å². The first-order valence-electron chi connectivity index (χ1n) is 7.69. The van der Waals surface area contributed by atoms with Gasteiger partial charge in [-0.15, -0.1) is 0 Å². The molecule has 0 bridgehead atoms. The summed E-state index contributed by atoms with van der Waals surface area (Å²) in [6.07, 6.45) is 2.43. The van der Waals surface area contributed by atoms with E-state index in [-0.39, 0.29) is 11.2 Å². The number of hydrogen-bond acceptors (Lipinski definition) is 1. The maximum atomic E-state index is 13.4. The zero-order chi connectivity index (χ0) is 15.0. The fourth-order valence-electron chi connectivity index (χ4n) is 3.23. The largest absolute Gasteiger partial charge is 0.358 e. The van der Waals surface area contributed by atoms with Crippen LogP contribution in [0, 0.1) is 18.7 Å². The third kappa shape index (κ3) is 2.86. The molecule has 2 heterocycles. The van der Waals surface area contributed by atoms with Crippen LogP contribution in [-0.4, -0.2) is 18.1 Å². The maximum absolute atomic E-state index is 13.4. The molecule has 3 rings (SSSR count). The topological polar surface area (TPSA) is 37.3 Å². The SMILES string of the molecule is Cc1[nH]c2ccc(F)cc2c(=O)c1C[NH+]1CCC(C)CC1. The predicted octanol–water partition coefficient (Wildman–Crippen LogP) is 1.79. The number of pyridine rings is 1. The summed E-state index contributed by atoms with van der Waals surface area (Å²) in [7, 11) is 0. The number of likely N-dealkylation sites (tertiary alicyclic amines) is 1. The number of rotatable bonds is 2. The minimum atomic E-state index is -0.359. The van der Waals surface area contributed by atoms with Crippen molar-refractivity contribution in [1.82, 2.24) is 4.98 Å². The van der Waals surface area contributed by atoms with Crippen molar-refractivity contribution in [3.63, 3.8) is 0 Å². The Bertz CT molecular complexity index is 715. The van der Waals surface area contributed by atoms with Crippen molar-refractivity contribution in [2.45, 2.75) is 33.2 Å². The van der Waals surface area contributed by atoms with Gasteiger partial charge in [-0.2, -0.15) is 0 Å². The summed E-state index contributed by atoms with van der Waals surface area (Å²) in [5.41, 5.74) is 2.40. The fraction of sp³-hybridized carbons (Fsp3) is 0.471. The van der Waals surface area contributed by atoms with E-state index >= 15 is 0 Å². The molecule has 2 aromatic rings. The molecule has 1 saturated heterocycles. The predicted molar refractivity (Wildman–Crippen MR) is 82.1 cm³/mol. The van der Waals surface area contributed by atoms with Gasteiger partial charge in [0.15, 0.2) is 5.43 Å². The Morgan fingerprint density at radius 3 is 2.76 bits per heavy atom. The standard InChI is InChI=1S/C17H21FN2O/c1-11-5-7-20(8-6-11)10-15-12(2)19-16-4-3-13(18)9-14(16)17(15)21/h3-4,9,11H,5-8,10H2,1-2H3,(H,19,21)/p+1. The average molecular weight is 289 g/mol. The van der Waals surface area contributed by atoms with Gasteiger partial charge < -0.3 is 9.88 Å². The van der Waals surface area contributed by atoms with Crippen LogP contribution in [0.25, 0.3) is 10.9 Å². The Kier molecular flexibility index (Phi) is 3.81. The van der Waals surface area contributed by atoms with E-state index in [9.17, 15) is 9.18 Å². The molecule has 0 spiro atoms. The van der Waals surface area contributed by atoms with Gasteiger partial charge in [-0.25, -0.2) is 4.39 Å². The third-order valence-corrected chi connectivity index (χ3v) is 4.68. The monoisotopic (exact) mass is 289 g/mol. The highest BCUT2D eigenvalue weighted by Gasteiger charge is 2.21. The first-order valence-corrected chi connectivity index (χ1v) is 7.69. The lowest BCUT2D eigenvalue weighted by Crippen LogP contribution is -3.12. The van der Waals surface area contributed by atoms with Gasteiger partial charge in [0.25, 0.3) is 0 Å². The normalized spacial score (nSPS) is 22.6. The average Bonchev–Trinajstić information content (AvgIpc) is 2.46. The molecule has 1 aromatic carbocycles. The Hall–Kier alpha value is -1.68. The number of quaternary nitrogens is 1. The molecular weight excluding hydrogens is 267 g/mol. The van der Waals surface area contributed by atoms with Gasteiger partial charge in [0, 0.05) is 16.6 Å². The molecule has 1 fully saturated rings. The third-order valence-electron chi connectivity index (χ3n) is 4.68. The van der Waals surface area contributed by atoms with Gasteiger partial charge in [-0.3, -0.25) is 4.79 Å². The van der Waals surface area contributed by atoms with Crippen LogP contribution in [0.3, 0.4) is 0 Å². The maximum Gasteiger partial charge on any atom is 0.198 e. The fourth-order valence-corrected chi connectivity index (χ4v) is 3.23. The lowest BCUT2D eigenvalue weighted by atomic mass is 9.98. The molecule has 112 valence electrons. The van der Waals surface area contributed by atoms with Gasteiger partial charge in [-0.05, 0) is 43.9 Å². The van der Waals surface area contributed by atoms with Gasteiger partial charge in [-0.1, -0.05) is 6.92 Å². The Morgan fingerprint density at radius 1 is 1.33 bits per heavy atom. The Morgan fingerprint density at radius 2 is 2.05 bits per heavy atom. The van der Waals surface area contributed by atoms with Crippen molar-refractivity contribution in [2.75, 3.05) is 13.1 Å². The van der Waals surface area contributed by atoms with E-state index in [0.717, 1.165) is 36.8 Å². The van der Waals surface area contributed by atoms with Crippen molar-refractivity contribution in [3.05, 3.63) is 45.5 Å². The molecule has 0 saturated carbocycles. The van der Waals surface area contributed by atoms with Crippen LogP contribution in [0.4, 0.5) is 4.39 Å². The number of H-pyrrole nitrogens is 1. The van der Waals surface area contributed by atoms with Gasteiger partial charge in [0.05, 0.1) is 18.7 Å². The number of aromatic nitrogens is 1. The Labute approximate surface area is 123 Å². The summed E-state index contributed by atoms with van der Waals surface area (Å²) in [5.74, 6) is 0.431. The molecule has 0 atom stereocenters. The summed E-state index contributed by atoms with van der Waals surface area (Å²) < 4.78 is 13.4. The Balaban J connectivity index is 1.96. The number of aromatic amines is 1. The van der Waals surface area contributed by atoms with Crippen molar-refractivity contribution in [3.8, 4) is 0 Å². The second kappa shape index (κ2) is 5.60. The zero-order valence-corrected chi connectivity index (χ0v) is 12.6. The second-order valence-corrected chi connectivity index (χ2v) is 6.36. The first kappa shape index (κ1) is 14.3. The number of benzene rings is 1. The van der Waals surface area contributed by atoms with E-state index in [2.05, 4.69) is 11.9 Å². The molecule has 0 amide bonds. The van der Waals surface area contributed by atoms with Crippen LogP contribution in [0.2, 0.25) is 0 Å². The molecule has 0 aliphatic carbocycles. The molecule has 1 aromatic heterocycles. The van der Waals surface area contributed by atoms with E-state index in [4.69, 9.17) is 0 Å². The molecule has 3 nitrogen and oxygen atoms in total. The van der Waals surface area contributed by atoms with E-state index < -0.39 is 0 Å². The quantitative estimate of drug-likeness (QED) is 0.869. The number of aryl methyl sites for hydroxylation is 1. The van der Waals surface area contributed by atoms with E-state index in [0.29, 0.717) is 10.9 Å². The molecule has 0 radical (unpaired) electrons. The molecular formula is C17H22FN2O+. The minimum Gasteiger partial charge on any atom is -0.358 e. The summed E-state index contributed by atoms with van der Waals surface area (Å²) in [5, 5.41) is 0.459. The van der Waals surface area contributed by atoms with Crippen molar-refractivity contribution < 1.29 is 9.29 Å². The van der Waals surface area contributed by atoms with Crippen molar-refractivity contribution in [1.29, 1.82) is 0 Å². The smallest absolute Gasteiger partial charge is 0.198 e. The summed E-state index contributed by atoms with van der Waals surface area (Å²) in [4.78, 5) is 17.3. The van der Waals surface area contributed by atoms with Gasteiger partial charge in [0.2, 0.25) is 0 Å². The summed E-state index contributed by atoms with van der Waals surface area (Å²) in [6.45, 7) is 7.18.